The van der Waals surface area contributed by atoms with Gasteiger partial charge in [0.1, 0.15) is 0 Å². The van der Waals surface area contributed by atoms with Crippen LogP contribution in [-0.2, 0) is 0 Å². The van der Waals surface area contributed by atoms with Crippen LogP contribution >= 0.6 is 0 Å². The summed E-state index contributed by atoms with van der Waals surface area (Å²) in [5.41, 5.74) is 2.20. The van der Waals surface area contributed by atoms with Gasteiger partial charge in [-0.1, -0.05) is 57.8 Å². The van der Waals surface area contributed by atoms with Crippen molar-refractivity contribution in [3.8, 4) is 0 Å². The number of allylic oxidation sites excluding steroid dienone is 3. The molecule has 19 heavy (non-hydrogen) atoms. The zero-order valence-electron chi connectivity index (χ0n) is 13.3. The molecule has 0 aromatic carbocycles. The lowest BCUT2D eigenvalue weighted by atomic mass is 9.60. The molecule has 1 fully saturated rings. The van der Waals surface area contributed by atoms with Crippen molar-refractivity contribution in [3.05, 3.63) is 24.3 Å². The Morgan fingerprint density at radius 2 is 2.16 bits per heavy atom. The lowest BCUT2D eigenvalue weighted by molar-refractivity contribution is 0.185. The molecule has 0 bridgehead atoms. The van der Waals surface area contributed by atoms with Crippen molar-refractivity contribution in [1.29, 1.82) is 0 Å². The number of rotatable bonds is 5. The Morgan fingerprint density at radius 1 is 1.37 bits per heavy atom. The predicted molar refractivity (Wildman–Crippen MR) is 85.1 cm³/mol. The number of hydrogen-bond acceptors (Lipinski definition) is 0. The van der Waals surface area contributed by atoms with Crippen molar-refractivity contribution in [1.82, 2.24) is 0 Å². The van der Waals surface area contributed by atoms with E-state index in [-0.39, 0.29) is 0 Å². The van der Waals surface area contributed by atoms with Gasteiger partial charge in [-0.3, -0.25) is 0 Å². The first-order valence-electron chi connectivity index (χ1n) is 8.47. The first-order chi connectivity index (χ1) is 9.13. The number of hydrogen-bond donors (Lipinski definition) is 0. The van der Waals surface area contributed by atoms with Crippen LogP contribution in [0.2, 0.25) is 0 Å². The fourth-order valence-corrected chi connectivity index (χ4v) is 4.37. The van der Waals surface area contributed by atoms with Gasteiger partial charge in [-0.15, -0.1) is 6.58 Å². The Morgan fingerprint density at radius 3 is 2.79 bits per heavy atom. The van der Waals surface area contributed by atoms with E-state index < -0.39 is 0 Å². The van der Waals surface area contributed by atoms with Crippen molar-refractivity contribution >= 4 is 0 Å². The number of unbranched alkanes of at least 4 members (excludes halogenated alkanes) is 1. The maximum Gasteiger partial charge on any atom is -0.0109 e. The molecule has 0 amide bonds. The van der Waals surface area contributed by atoms with Gasteiger partial charge in [-0.05, 0) is 55.3 Å². The Balaban J connectivity index is 2.16. The first-order valence-corrected chi connectivity index (χ1v) is 8.47. The Labute approximate surface area is 120 Å². The highest BCUT2D eigenvalue weighted by Crippen LogP contribution is 2.50. The van der Waals surface area contributed by atoms with Crippen LogP contribution in [0.1, 0.15) is 72.1 Å². The molecule has 4 unspecified atom stereocenters. The Kier molecular flexibility index (Phi) is 4.92. The average molecular weight is 260 g/mol. The molecule has 0 aromatic heterocycles. The summed E-state index contributed by atoms with van der Waals surface area (Å²) in [6.45, 7) is 11.2. The van der Waals surface area contributed by atoms with Gasteiger partial charge >= 0.3 is 0 Å². The van der Waals surface area contributed by atoms with E-state index in [0.29, 0.717) is 5.41 Å². The molecule has 2 rings (SSSR count). The summed E-state index contributed by atoms with van der Waals surface area (Å²) in [4.78, 5) is 0. The highest BCUT2D eigenvalue weighted by molar-refractivity contribution is 5.21. The lowest BCUT2D eigenvalue weighted by Crippen LogP contribution is -2.33. The van der Waals surface area contributed by atoms with Gasteiger partial charge in [0.15, 0.2) is 0 Å². The van der Waals surface area contributed by atoms with E-state index in [1.54, 1.807) is 0 Å². The van der Waals surface area contributed by atoms with Crippen molar-refractivity contribution in [3.63, 3.8) is 0 Å². The molecule has 0 spiro atoms. The summed E-state index contributed by atoms with van der Waals surface area (Å²) >= 11 is 0. The Hall–Kier alpha value is -0.520. The van der Waals surface area contributed by atoms with E-state index in [1.165, 1.54) is 51.4 Å². The van der Waals surface area contributed by atoms with Crippen LogP contribution < -0.4 is 0 Å². The second kappa shape index (κ2) is 6.29. The summed E-state index contributed by atoms with van der Waals surface area (Å²) in [7, 11) is 0. The van der Waals surface area contributed by atoms with Gasteiger partial charge in [0, 0.05) is 0 Å². The normalized spacial score (nSPS) is 38.5. The topological polar surface area (TPSA) is 0 Å². The van der Waals surface area contributed by atoms with Gasteiger partial charge in [-0.2, -0.15) is 0 Å². The molecule has 0 heteroatoms. The average Bonchev–Trinajstić information content (AvgIpc) is 2.44. The third kappa shape index (κ3) is 3.15. The van der Waals surface area contributed by atoms with Crippen molar-refractivity contribution in [2.45, 2.75) is 72.1 Å². The van der Waals surface area contributed by atoms with Crippen LogP contribution in [0.15, 0.2) is 24.3 Å². The lowest BCUT2D eigenvalue weighted by Gasteiger charge is -2.45. The maximum atomic E-state index is 4.06. The van der Waals surface area contributed by atoms with Crippen molar-refractivity contribution < 1.29 is 0 Å². The summed E-state index contributed by atoms with van der Waals surface area (Å²) in [6, 6.07) is 0. The first kappa shape index (κ1) is 14.9. The molecule has 0 N–H and O–H groups in total. The molecule has 0 aromatic rings. The highest BCUT2D eigenvalue weighted by atomic mass is 14.4. The molecule has 2 aliphatic rings. The van der Waals surface area contributed by atoms with Crippen LogP contribution in [-0.4, -0.2) is 0 Å². The van der Waals surface area contributed by atoms with Gasteiger partial charge in [-0.25, -0.2) is 0 Å². The quantitative estimate of drug-likeness (QED) is 0.521. The molecule has 108 valence electrons. The summed E-state index contributed by atoms with van der Waals surface area (Å²) in [5, 5.41) is 0. The molecule has 2 aliphatic carbocycles. The fourth-order valence-electron chi connectivity index (χ4n) is 4.37. The smallest absolute Gasteiger partial charge is 0.0109 e. The van der Waals surface area contributed by atoms with E-state index in [4.69, 9.17) is 0 Å². The minimum Gasteiger partial charge on any atom is -0.103 e. The standard InChI is InChI=1S/C19H32/c1-5-8-9-17-15(6-2)10-11-16-14-19(4,7-3)13-12-18(16)17/h7,12,15-17H,3,5-6,8-11,13-14H2,1-2,4H3. The molecule has 4 atom stereocenters. The zero-order chi connectivity index (χ0) is 13.9. The van der Waals surface area contributed by atoms with Gasteiger partial charge in [0.2, 0.25) is 0 Å². The number of fused-ring (bicyclic) bond motifs is 1. The molecule has 0 radical (unpaired) electrons. The second-order valence-corrected chi connectivity index (χ2v) is 7.16. The van der Waals surface area contributed by atoms with Gasteiger partial charge < -0.3 is 0 Å². The molecule has 1 saturated carbocycles. The molecule has 0 heterocycles. The van der Waals surface area contributed by atoms with Crippen LogP contribution in [0.3, 0.4) is 0 Å². The van der Waals surface area contributed by atoms with Crippen LogP contribution in [0, 0.1) is 23.2 Å². The second-order valence-electron chi connectivity index (χ2n) is 7.16. The molecule has 0 nitrogen and oxygen atoms in total. The monoisotopic (exact) mass is 260 g/mol. The van der Waals surface area contributed by atoms with Crippen molar-refractivity contribution in [2.24, 2.45) is 23.2 Å². The van der Waals surface area contributed by atoms with Crippen molar-refractivity contribution in [2.75, 3.05) is 0 Å². The minimum absolute atomic E-state index is 0.364. The van der Waals surface area contributed by atoms with Gasteiger partial charge in [0.05, 0.1) is 0 Å². The molecule has 0 saturated heterocycles. The van der Waals surface area contributed by atoms with Crippen LogP contribution in [0.5, 0.6) is 0 Å². The van der Waals surface area contributed by atoms with Crippen LogP contribution in [0.25, 0.3) is 0 Å². The van der Waals surface area contributed by atoms with Gasteiger partial charge in [0.25, 0.3) is 0 Å². The van der Waals surface area contributed by atoms with E-state index in [9.17, 15) is 0 Å². The van der Waals surface area contributed by atoms with E-state index in [1.807, 2.05) is 5.57 Å². The molecular weight excluding hydrogens is 228 g/mol. The van der Waals surface area contributed by atoms with E-state index in [0.717, 1.165) is 17.8 Å². The zero-order valence-corrected chi connectivity index (χ0v) is 13.3. The molecular formula is C19H32. The fraction of sp³-hybridized carbons (Fsp3) is 0.789. The summed E-state index contributed by atoms with van der Waals surface area (Å²) < 4.78 is 0. The summed E-state index contributed by atoms with van der Waals surface area (Å²) in [6.07, 6.45) is 15.8. The molecule has 0 aliphatic heterocycles. The highest BCUT2D eigenvalue weighted by Gasteiger charge is 2.38. The van der Waals surface area contributed by atoms with Crippen LogP contribution in [0.4, 0.5) is 0 Å². The maximum absolute atomic E-state index is 4.06. The SMILES string of the molecule is C=CC1(C)CC=C2C(CCC(CC)C2CCCC)C1. The predicted octanol–water partition coefficient (Wildman–Crippen LogP) is 6.14. The largest absolute Gasteiger partial charge is 0.103 e. The van der Waals surface area contributed by atoms with E-state index >= 15 is 0 Å². The van der Waals surface area contributed by atoms with E-state index in [2.05, 4.69) is 39.5 Å². The summed E-state index contributed by atoms with van der Waals surface area (Å²) in [5.74, 6) is 2.72. The Bertz CT molecular complexity index is 338. The third-order valence-electron chi connectivity index (χ3n) is 5.76. The third-order valence-corrected chi connectivity index (χ3v) is 5.76. The minimum atomic E-state index is 0.364.